The molecule has 1 aliphatic rings. The standard InChI is InChI=1S/C8H11N3O3/c1-12-7-9-6(3-5-4-14-5)10-8(11-7)13-2/h5H,3-4H2,1-2H3. The Hall–Kier alpha value is -1.43. The lowest BCUT2D eigenvalue weighted by molar-refractivity contribution is 0.333. The van der Waals surface area contributed by atoms with E-state index in [1.54, 1.807) is 0 Å². The van der Waals surface area contributed by atoms with Gasteiger partial charge in [-0.05, 0) is 0 Å². The Morgan fingerprint density at radius 1 is 1.21 bits per heavy atom. The van der Waals surface area contributed by atoms with Crippen LogP contribution in [0.25, 0.3) is 0 Å². The van der Waals surface area contributed by atoms with E-state index in [-0.39, 0.29) is 18.1 Å². The number of nitrogens with zero attached hydrogens (tertiary/aromatic N) is 3. The molecule has 0 spiro atoms. The molecule has 0 aliphatic carbocycles. The molecular weight excluding hydrogens is 186 g/mol. The fourth-order valence-electron chi connectivity index (χ4n) is 1.04. The second-order valence-corrected chi connectivity index (χ2v) is 2.88. The van der Waals surface area contributed by atoms with Gasteiger partial charge < -0.3 is 14.2 Å². The molecule has 76 valence electrons. The van der Waals surface area contributed by atoms with Crippen LogP contribution >= 0.6 is 0 Å². The van der Waals surface area contributed by atoms with E-state index in [9.17, 15) is 0 Å². The molecular formula is C8H11N3O3. The average Bonchev–Trinajstić information content (AvgIpc) is 3.01. The van der Waals surface area contributed by atoms with Crippen LogP contribution in [0, 0.1) is 0 Å². The predicted molar refractivity (Wildman–Crippen MR) is 46.4 cm³/mol. The quantitative estimate of drug-likeness (QED) is 0.624. The van der Waals surface area contributed by atoms with Crippen molar-refractivity contribution in [1.82, 2.24) is 15.0 Å². The van der Waals surface area contributed by atoms with E-state index in [1.807, 2.05) is 0 Å². The summed E-state index contributed by atoms with van der Waals surface area (Å²) in [5, 5.41) is 0. The molecule has 1 atom stereocenters. The Morgan fingerprint density at radius 2 is 1.79 bits per heavy atom. The molecule has 1 unspecified atom stereocenters. The molecule has 6 nitrogen and oxygen atoms in total. The predicted octanol–water partition coefficient (Wildman–Crippen LogP) is -0.170. The number of ether oxygens (including phenoxy) is 3. The van der Waals surface area contributed by atoms with Crippen molar-refractivity contribution < 1.29 is 14.2 Å². The summed E-state index contributed by atoms with van der Waals surface area (Å²) in [6, 6.07) is 0.542. The lowest BCUT2D eigenvalue weighted by Gasteiger charge is -2.03. The van der Waals surface area contributed by atoms with Gasteiger partial charge in [-0.1, -0.05) is 0 Å². The van der Waals surface area contributed by atoms with Crippen molar-refractivity contribution in [3.63, 3.8) is 0 Å². The van der Waals surface area contributed by atoms with E-state index in [2.05, 4.69) is 15.0 Å². The lowest BCUT2D eigenvalue weighted by Crippen LogP contribution is -2.06. The van der Waals surface area contributed by atoms with Crippen molar-refractivity contribution in [2.45, 2.75) is 12.5 Å². The van der Waals surface area contributed by atoms with Crippen molar-refractivity contribution in [3.8, 4) is 12.0 Å². The van der Waals surface area contributed by atoms with Gasteiger partial charge in [0.15, 0.2) is 0 Å². The third kappa shape index (κ3) is 2.08. The van der Waals surface area contributed by atoms with Crippen LogP contribution in [0.2, 0.25) is 0 Å². The van der Waals surface area contributed by atoms with Gasteiger partial charge in [-0.2, -0.15) is 9.97 Å². The van der Waals surface area contributed by atoms with Crippen LogP contribution in [-0.4, -0.2) is 41.9 Å². The van der Waals surface area contributed by atoms with Crippen LogP contribution < -0.4 is 9.47 Å². The minimum absolute atomic E-state index is 0.242. The summed E-state index contributed by atoms with van der Waals surface area (Å²) >= 11 is 0. The van der Waals surface area contributed by atoms with Gasteiger partial charge in [-0.25, -0.2) is 0 Å². The molecule has 1 aromatic heterocycles. The highest BCUT2D eigenvalue weighted by Gasteiger charge is 2.24. The smallest absolute Gasteiger partial charge is 0.322 e. The van der Waals surface area contributed by atoms with E-state index in [4.69, 9.17) is 14.2 Å². The number of rotatable bonds is 4. The average molecular weight is 197 g/mol. The zero-order chi connectivity index (χ0) is 9.97. The zero-order valence-electron chi connectivity index (χ0n) is 8.06. The Bertz CT molecular complexity index is 305. The summed E-state index contributed by atoms with van der Waals surface area (Å²) in [7, 11) is 3.01. The van der Waals surface area contributed by atoms with Crippen molar-refractivity contribution in [2.75, 3.05) is 20.8 Å². The first-order valence-corrected chi connectivity index (χ1v) is 4.26. The fourth-order valence-corrected chi connectivity index (χ4v) is 1.04. The van der Waals surface area contributed by atoms with Gasteiger partial charge in [0.25, 0.3) is 0 Å². The Kier molecular flexibility index (Phi) is 2.45. The summed E-state index contributed by atoms with van der Waals surface area (Å²) in [5.41, 5.74) is 0. The minimum atomic E-state index is 0.242. The van der Waals surface area contributed by atoms with E-state index < -0.39 is 0 Å². The van der Waals surface area contributed by atoms with Crippen LogP contribution in [0.1, 0.15) is 5.82 Å². The van der Waals surface area contributed by atoms with Crippen LogP contribution in [-0.2, 0) is 11.2 Å². The highest BCUT2D eigenvalue weighted by Crippen LogP contribution is 2.16. The first kappa shape index (κ1) is 9.14. The van der Waals surface area contributed by atoms with Crippen molar-refractivity contribution in [2.24, 2.45) is 0 Å². The highest BCUT2D eigenvalue weighted by molar-refractivity contribution is 5.06. The zero-order valence-corrected chi connectivity index (χ0v) is 8.06. The normalized spacial score (nSPS) is 19.1. The molecule has 2 heterocycles. The van der Waals surface area contributed by atoms with E-state index in [0.29, 0.717) is 12.2 Å². The largest absolute Gasteiger partial charge is 0.467 e. The number of hydrogen-bond donors (Lipinski definition) is 0. The van der Waals surface area contributed by atoms with Gasteiger partial charge >= 0.3 is 12.0 Å². The topological polar surface area (TPSA) is 69.7 Å². The maximum Gasteiger partial charge on any atom is 0.322 e. The number of epoxide rings is 1. The summed E-state index contributed by atoms with van der Waals surface area (Å²) in [6.45, 7) is 0.774. The van der Waals surface area contributed by atoms with Crippen molar-refractivity contribution in [1.29, 1.82) is 0 Å². The second kappa shape index (κ2) is 3.75. The molecule has 1 aliphatic heterocycles. The van der Waals surface area contributed by atoms with Gasteiger partial charge in [0.1, 0.15) is 5.82 Å². The van der Waals surface area contributed by atoms with Gasteiger partial charge in [0.2, 0.25) is 0 Å². The number of hydrogen-bond acceptors (Lipinski definition) is 6. The molecule has 0 saturated carbocycles. The molecule has 0 N–H and O–H groups in total. The van der Waals surface area contributed by atoms with Crippen LogP contribution in [0.4, 0.5) is 0 Å². The number of aromatic nitrogens is 3. The number of methoxy groups -OCH3 is 2. The van der Waals surface area contributed by atoms with Gasteiger partial charge in [-0.3, -0.25) is 0 Å². The first-order valence-electron chi connectivity index (χ1n) is 4.26. The second-order valence-electron chi connectivity index (χ2n) is 2.88. The molecule has 1 saturated heterocycles. The molecule has 1 fully saturated rings. The van der Waals surface area contributed by atoms with Crippen molar-refractivity contribution >= 4 is 0 Å². The van der Waals surface area contributed by atoms with Crippen molar-refractivity contribution in [3.05, 3.63) is 5.82 Å². The van der Waals surface area contributed by atoms with Gasteiger partial charge in [0.05, 0.1) is 26.9 Å². The molecule has 0 aromatic carbocycles. The Morgan fingerprint density at radius 3 is 2.21 bits per heavy atom. The molecule has 0 radical (unpaired) electrons. The summed E-state index contributed by atoms with van der Waals surface area (Å²) in [4.78, 5) is 12.0. The molecule has 14 heavy (non-hydrogen) atoms. The Labute approximate surface area is 81.2 Å². The maximum absolute atomic E-state index is 5.08. The van der Waals surface area contributed by atoms with E-state index in [1.165, 1.54) is 14.2 Å². The third-order valence-electron chi connectivity index (χ3n) is 1.82. The summed E-state index contributed by atoms with van der Waals surface area (Å²) in [5.74, 6) is 0.635. The molecule has 2 rings (SSSR count). The fraction of sp³-hybridized carbons (Fsp3) is 0.625. The molecule has 0 amide bonds. The van der Waals surface area contributed by atoms with Gasteiger partial charge in [-0.15, -0.1) is 4.98 Å². The third-order valence-corrected chi connectivity index (χ3v) is 1.82. The molecule has 1 aromatic rings. The van der Waals surface area contributed by atoms with Gasteiger partial charge in [0, 0.05) is 6.42 Å². The SMILES string of the molecule is COc1nc(CC2CO2)nc(OC)n1. The van der Waals surface area contributed by atoms with Crippen LogP contribution in [0.5, 0.6) is 12.0 Å². The van der Waals surface area contributed by atoms with Crippen LogP contribution in [0.15, 0.2) is 0 Å². The first-order chi connectivity index (χ1) is 6.81. The van der Waals surface area contributed by atoms with Crippen LogP contribution in [0.3, 0.4) is 0 Å². The minimum Gasteiger partial charge on any atom is -0.467 e. The maximum atomic E-state index is 5.08. The van der Waals surface area contributed by atoms with E-state index >= 15 is 0 Å². The highest BCUT2D eigenvalue weighted by atomic mass is 16.6. The van der Waals surface area contributed by atoms with E-state index in [0.717, 1.165) is 6.61 Å². The summed E-state index contributed by atoms with van der Waals surface area (Å²) in [6.07, 6.45) is 0.918. The lowest BCUT2D eigenvalue weighted by atomic mass is 10.3. The molecule has 6 heteroatoms. The summed E-state index contributed by atoms with van der Waals surface area (Å²) < 4.78 is 14.9. The Balaban J connectivity index is 2.19. The molecule has 0 bridgehead atoms. The monoisotopic (exact) mass is 197 g/mol.